The third-order valence-corrected chi connectivity index (χ3v) is 8.90. The molecule has 0 spiro atoms. The van der Waals surface area contributed by atoms with Crippen molar-refractivity contribution in [3.05, 3.63) is 0 Å². The molecule has 0 saturated heterocycles. The predicted molar refractivity (Wildman–Crippen MR) is 57.9 cm³/mol. The molecule has 0 heterocycles. The largest absolute Gasteiger partial charge is 0.384 e. The van der Waals surface area contributed by atoms with E-state index in [1.807, 2.05) is 0 Å². The first-order valence-corrected chi connectivity index (χ1v) is 8.63. The van der Waals surface area contributed by atoms with E-state index in [9.17, 15) is 13.9 Å². The van der Waals surface area contributed by atoms with Crippen LogP contribution in [-0.4, -0.2) is 49.0 Å². The van der Waals surface area contributed by atoms with Crippen LogP contribution in [0.4, 0.5) is 0 Å². The van der Waals surface area contributed by atoms with Crippen LogP contribution in [0.5, 0.6) is 0 Å². The van der Waals surface area contributed by atoms with E-state index in [0.29, 0.717) is 0 Å². The van der Waals surface area contributed by atoms with Gasteiger partial charge in [0.15, 0.2) is 5.23 Å². The summed E-state index contributed by atoms with van der Waals surface area (Å²) >= 11 is 0. The Morgan fingerprint density at radius 1 is 1.25 bits per heavy atom. The van der Waals surface area contributed by atoms with Crippen LogP contribution < -0.4 is 0 Å². The third kappa shape index (κ3) is 5.01. The number of ether oxygens (including phenoxy) is 1. The smallest absolute Gasteiger partial charge is 0.350 e. The van der Waals surface area contributed by atoms with Gasteiger partial charge in [0, 0.05) is 12.9 Å². The van der Waals surface area contributed by atoms with Gasteiger partial charge in [-0.25, -0.2) is 4.79 Å². The van der Waals surface area contributed by atoms with Crippen molar-refractivity contribution in [2.24, 2.45) is 0 Å². The molecule has 11 heteroatoms. The average Bonchev–Trinajstić information content (AvgIpc) is 2.07. The molecule has 1 atom stereocenters. The first-order chi connectivity index (χ1) is 7.14. The van der Waals surface area contributed by atoms with E-state index >= 15 is 0 Å². The maximum absolute atomic E-state index is 10.9. The van der Waals surface area contributed by atoms with Gasteiger partial charge in [-0.15, -0.1) is 0 Å². The molecule has 4 N–H and O–H groups in total. The second-order valence-corrected chi connectivity index (χ2v) is 9.11. The van der Waals surface area contributed by atoms with Crippen LogP contribution in [0.1, 0.15) is 0 Å². The van der Waals surface area contributed by atoms with Gasteiger partial charge in [-0.3, -0.25) is 9.13 Å². The topological polar surface area (TPSA) is 141 Å². The molecule has 0 rings (SSSR count). The summed E-state index contributed by atoms with van der Waals surface area (Å²) in [7, 11) is -10.7. The normalized spacial score (nSPS) is 14.9. The Morgan fingerprint density at radius 3 is 1.94 bits per heavy atom. The van der Waals surface area contributed by atoms with Crippen LogP contribution >= 0.6 is 25.7 Å². The summed E-state index contributed by atoms with van der Waals surface area (Å²) < 4.78 is 24.1. The lowest BCUT2D eigenvalue weighted by molar-refractivity contribution is 0.218. The third-order valence-electron chi connectivity index (χ3n) is 1.44. The van der Waals surface area contributed by atoms with Gasteiger partial charge in [0.2, 0.25) is 4.73 Å². The molecule has 0 bridgehead atoms. The van der Waals surface area contributed by atoms with Crippen LogP contribution in [0.15, 0.2) is 0 Å². The highest BCUT2D eigenvalue weighted by atomic mass is 32.2. The summed E-state index contributed by atoms with van der Waals surface area (Å²) in [4.78, 5) is 45.8. The Morgan fingerprint density at radius 2 is 1.69 bits per heavy atom. The fourth-order valence-electron chi connectivity index (χ4n) is 0.891. The molecular weight excluding hydrogens is 282 g/mol. The first kappa shape index (κ1) is 16.2. The Kier molecular flexibility index (Phi) is 6.29. The van der Waals surface area contributed by atoms with Crippen molar-refractivity contribution in [2.75, 3.05) is 19.5 Å². The van der Waals surface area contributed by atoms with Gasteiger partial charge in [-0.05, 0) is 0 Å². The Bertz CT molecular complexity index is 354. The Hall–Kier alpha value is 0.190. The molecular formula is C5H12O8P2S. The monoisotopic (exact) mass is 294 g/mol. The van der Waals surface area contributed by atoms with Crippen molar-refractivity contribution in [3.63, 3.8) is 0 Å². The van der Waals surface area contributed by atoms with E-state index in [4.69, 9.17) is 19.6 Å². The maximum Gasteiger partial charge on any atom is 0.350 e. The summed E-state index contributed by atoms with van der Waals surface area (Å²) in [6.07, 6.45) is 0. The summed E-state index contributed by atoms with van der Waals surface area (Å²) in [5.74, 6) is -0.194. The average molecular weight is 294 g/mol. The van der Waals surface area contributed by atoms with Gasteiger partial charge >= 0.3 is 15.2 Å². The molecule has 0 amide bonds. The van der Waals surface area contributed by atoms with Crippen LogP contribution in [0.25, 0.3) is 0 Å². The highest BCUT2D eigenvalue weighted by Crippen LogP contribution is 2.66. The van der Waals surface area contributed by atoms with Crippen molar-refractivity contribution in [3.8, 4) is 0 Å². The summed E-state index contributed by atoms with van der Waals surface area (Å²) in [5.41, 5.74) is 0. The lowest BCUT2D eigenvalue weighted by Gasteiger charge is -2.20. The molecule has 0 aromatic carbocycles. The zero-order valence-electron chi connectivity index (χ0n) is 8.22. The van der Waals surface area contributed by atoms with E-state index in [0.717, 1.165) is 0 Å². The first-order valence-electron chi connectivity index (χ1n) is 3.81. The molecule has 0 aromatic rings. The molecule has 8 nitrogen and oxygen atoms in total. The molecule has 16 heavy (non-hydrogen) atoms. The van der Waals surface area contributed by atoms with E-state index < -0.39 is 30.4 Å². The van der Waals surface area contributed by atoms with Crippen molar-refractivity contribution in [1.82, 2.24) is 0 Å². The van der Waals surface area contributed by atoms with Crippen LogP contribution in [-0.2, 0) is 18.7 Å². The summed E-state index contributed by atoms with van der Waals surface area (Å²) in [5, 5.41) is 1.26. The van der Waals surface area contributed by atoms with Gasteiger partial charge in [0.05, 0.1) is 6.61 Å². The molecule has 0 fully saturated rings. The van der Waals surface area contributed by atoms with Crippen molar-refractivity contribution < 1.29 is 38.2 Å². The molecule has 0 aromatic heterocycles. The Labute approximate surface area is 93.9 Å². The fourth-order valence-corrected chi connectivity index (χ4v) is 6.73. The van der Waals surface area contributed by atoms with Gasteiger partial charge in [0.25, 0.3) is 0 Å². The summed E-state index contributed by atoms with van der Waals surface area (Å²) in [6, 6.07) is 0. The molecule has 0 aliphatic rings. The quantitative estimate of drug-likeness (QED) is 0.383. The molecule has 1 unspecified atom stereocenters. The van der Waals surface area contributed by atoms with Gasteiger partial charge in [-0.1, -0.05) is 10.5 Å². The van der Waals surface area contributed by atoms with Crippen LogP contribution in [0, 0.1) is 0 Å². The minimum Gasteiger partial charge on any atom is -0.384 e. The molecule has 0 aliphatic heterocycles. The second kappa shape index (κ2) is 6.21. The lowest BCUT2D eigenvalue weighted by atomic mass is 10.9. The van der Waals surface area contributed by atoms with E-state index in [2.05, 4.69) is 4.74 Å². The number of carbonyl (C=O) groups excluding carboxylic acids is 1. The minimum absolute atomic E-state index is 0.0468. The van der Waals surface area contributed by atoms with Gasteiger partial charge in [0.1, 0.15) is 0 Å². The number of hydrogen-bond donors (Lipinski definition) is 4. The van der Waals surface area contributed by atoms with Crippen molar-refractivity contribution >= 4 is 30.9 Å². The number of hydrogen-bond acceptors (Lipinski definition) is 4. The van der Waals surface area contributed by atoms with Crippen molar-refractivity contribution in [1.29, 1.82) is 0 Å². The molecule has 0 radical (unpaired) electrons. The maximum atomic E-state index is 10.9. The number of rotatable bonds is 6. The van der Waals surface area contributed by atoms with Crippen LogP contribution in [0.2, 0.25) is 0 Å². The molecule has 96 valence electrons. The standard InChI is InChI=1S/C5H12O8P2S/c1-13-2-3-16(4-6)5(14(7,8)9)15(10,11)12/h5H,2-3H2,1H3,(H2,7,8,9)(H2,10,11,12). The van der Waals surface area contributed by atoms with E-state index in [-0.39, 0.29) is 12.4 Å². The molecule has 0 aliphatic carbocycles. The lowest BCUT2D eigenvalue weighted by Crippen LogP contribution is -2.10. The Balaban J connectivity index is 5.28. The zero-order valence-corrected chi connectivity index (χ0v) is 10.8. The van der Waals surface area contributed by atoms with Crippen molar-refractivity contribution in [2.45, 2.75) is 4.73 Å². The van der Waals surface area contributed by atoms with Gasteiger partial charge < -0.3 is 24.3 Å². The predicted octanol–water partition coefficient (Wildman–Crippen LogP) is -0.392. The van der Waals surface area contributed by atoms with E-state index in [1.165, 1.54) is 12.3 Å². The highest BCUT2D eigenvalue weighted by molar-refractivity contribution is 8.23. The SMILES string of the molecule is COCCS(=C=O)C(P(=O)(O)O)P(=O)(O)O. The zero-order chi connectivity index (χ0) is 13.0. The fraction of sp³-hybridized carbons (Fsp3) is 0.800. The molecule has 0 saturated carbocycles. The highest BCUT2D eigenvalue weighted by Gasteiger charge is 2.46. The summed E-state index contributed by atoms with van der Waals surface area (Å²) in [6.45, 7) is -0.0468. The second-order valence-electron chi connectivity index (χ2n) is 2.71. The minimum atomic E-state index is -5.08. The van der Waals surface area contributed by atoms with Gasteiger partial charge in [-0.2, -0.15) is 0 Å². The number of methoxy groups -OCH3 is 1. The van der Waals surface area contributed by atoms with Crippen LogP contribution in [0.3, 0.4) is 0 Å². The van der Waals surface area contributed by atoms with E-state index in [1.54, 1.807) is 0 Å².